The number of nitrogens with zero attached hydrogens (tertiary/aromatic N) is 3. The average molecular weight is 266 g/mol. The van der Waals surface area contributed by atoms with Gasteiger partial charge in [-0.1, -0.05) is 0 Å². The van der Waals surface area contributed by atoms with Crippen LogP contribution >= 0.6 is 0 Å². The zero-order valence-corrected chi connectivity index (χ0v) is 11.7. The number of urea groups is 2. The van der Waals surface area contributed by atoms with Crippen molar-refractivity contribution in [3.05, 3.63) is 0 Å². The SMILES string of the molecule is CN(C)C(=O)N1CCN(C(=O)NC2CC23CC3)CC1. The monoisotopic (exact) mass is 266 g/mol. The van der Waals surface area contributed by atoms with Crippen LogP contribution in [0.25, 0.3) is 0 Å². The van der Waals surface area contributed by atoms with Crippen molar-refractivity contribution < 1.29 is 9.59 Å². The minimum absolute atomic E-state index is 0.0270. The molecule has 3 fully saturated rings. The molecule has 1 unspecified atom stereocenters. The van der Waals surface area contributed by atoms with Crippen molar-refractivity contribution in [2.24, 2.45) is 5.41 Å². The van der Waals surface area contributed by atoms with Gasteiger partial charge in [0.05, 0.1) is 0 Å². The Hall–Kier alpha value is -1.46. The fourth-order valence-electron chi connectivity index (χ4n) is 2.89. The molecular formula is C13H22N4O2. The summed E-state index contributed by atoms with van der Waals surface area (Å²) in [5, 5.41) is 3.12. The van der Waals surface area contributed by atoms with E-state index in [2.05, 4.69) is 5.32 Å². The van der Waals surface area contributed by atoms with Gasteiger partial charge in [-0.2, -0.15) is 0 Å². The summed E-state index contributed by atoms with van der Waals surface area (Å²) in [4.78, 5) is 29.1. The van der Waals surface area contributed by atoms with Crippen LogP contribution in [0.1, 0.15) is 19.3 Å². The Bertz CT molecular complexity index is 397. The smallest absolute Gasteiger partial charge is 0.319 e. The summed E-state index contributed by atoms with van der Waals surface area (Å²) in [5.74, 6) is 0. The van der Waals surface area contributed by atoms with E-state index < -0.39 is 0 Å². The molecule has 1 heterocycles. The van der Waals surface area contributed by atoms with Crippen molar-refractivity contribution in [2.75, 3.05) is 40.3 Å². The predicted octanol–water partition coefficient (Wildman–Crippen LogP) is 0.548. The highest BCUT2D eigenvalue weighted by Gasteiger charge is 2.63. The second-order valence-corrected chi connectivity index (χ2v) is 6.22. The van der Waals surface area contributed by atoms with Crippen molar-refractivity contribution in [1.82, 2.24) is 20.0 Å². The second-order valence-electron chi connectivity index (χ2n) is 6.22. The van der Waals surface area contributed by atoms with Gasteiger partial charge in [0.25, 0.3) is 0 Å². The van der Waals surface area contributed by atoms with Crippen LogP contribution in [0.2, 0.25) is 0 Å². The number of carbonyl (C=O) groups excluding carboxylic acids is 2. The lowest BCUT2D eigenvalue weighted by Gasteiger charge is -2.35. The third kappa shape index (κ3) is 2.35. The Balaban J connectivity index is 1.44. The van der Waals surface area contributed by atoms with Crippen LogP contribution < -0.4 is 5.32 Å². The maximum Gasteiger partial charge on any atom is 0.319 e. The van der Waals surface area contributed by atoms with Crippen LogP contribution in [0.4, 0.5) is 9.59 Å². The van der Waals surface area contributed by atoms with Gasteiger partial charge in [0.15, 0.2) is 0 Å². The lowest BCUT2D eigenvalue weighted by atomic mass is 10.3. The van der Waals surface area contributed by atoms with Crippen molar-refractivity contribution in [3.63, 3.8) is 0 Å². The summed E-state index contributed by atoms with van der Waals surface area (Å²) >= 11 is 0. The lowest BCUT2D eigenvalue weighted by Crippen LogP contribution is -2.55. The highest BCUT2D eigenvalue weighted by molar-refractivity contribution is 5.77. The number of carbonyl (C=O) groups is 2. The van der Waals surface area contributed by atoms with Crippen LogP contribution in [0.5, 0.6) is 0 Å². The Morgan fingerprint density at radius 2 is 1.68 bits per heavy atom. The van der Waals surface area contributed by atoms with E-state index in [1.165, 1.54) is 12.8 Å². The van der Waals surface area contributed by atoms with Crippen LogP contribution in [-0.2, 0) is 0 Å². The summed E-state index contributed by atoms with van der Waals surface area (Å²) in [6, 6.07) is 0.492. The van der Waals surface area contributed by atoms with Gasteiger partial charge in [0, 0.05) is 46.3 Å². The third-order valence-corrected chi connectivity index (χ3v) is 4.60. The molecule has 0 radical (unpaired) electrons. The fraction of sp³-hybridized carbons (Fsp3) is 0.846. The van der Waals surface area contributed by atoms with Gasteiger partial charge in [-0.3, -0.25) is 0 Å². The van der Waals surface area contributed by atoms with Crippen LogP contribution in [-0.4, -0.2) is 73.1 Å². The molecule has 0 aromatic carbocycles. The number of amides is 4. The van der Waals surface area contributed by atoms with Gasteiger partial charge in [-0.15, -0.1) is 0 Å². The van der Waals surface area contributed by atoms with Crippen LogP contribution in [0.3, 0.4) is 0 Å². The third-order valence-electron chi connectivity index (χ3n) is 4.60. The maximum atomic E-state index is 12.1. The quantitative estimate of drug-likeness (QED) is 0.753. The molecule has 3 rings (SSSR count). The Labute approximate surface area is 113 Å². The molecule has 0 aromatic rings. The molecule has 106 valence electrons. The van der Waals surface area contributed by atoms with Crippen molar-refractivity contribution in [2.45, 2.75) is 25.3 Å². The first-order valence-corrected chi connectivity index (χ1v) is 7.03. The minimum atomic E-state index is 0.0270. The van der Waals surface area contributed by atoms with E-state index in [0.717, 1.165) is 6.42 Å². The number of hydrogen-bond donors (Lipinski definition) is 1. The van der Waals surface area contributed by atoms with Crippen LogP contribution in [0, 0.1) is 5.41 Å². The van der Waals surface area contributed by atoms with E-state index >= 15 is 0 Å². The van der Waals surface area contributed by atoms with Gasteiger partial charge in [0.2, 0.25) is 0 Å². The molecule has 4 amide bonds. The highest BCUT2D eigenvalue weighted by Crippen LogP contribution is 2.65. The predicted molar refractivity (Wildman–Crippen MR) is 70.8 cm³/mol. The topological polar surface area (TPSA) is 55.9 Å². The molecule has 1 saturated heterocycles. The van der Waals surface area contributed by atoms with Crippen molar-refractivity contribution in [3.8, 4) is 0 Å². The molecule has 0 aromatic heterocycles. The number of rotatable bonds is 1. The van der Waals surface area contributed by atoms with Gasteiger partial charge < -0.3 is 20.0 Å². The Morgan fingerprint density at radius 1 is 1.11 bits per heavy atom. The van der Waals surface area contributed by atoms with Gasteiger partial charge >= 0.3 is 12.1 Å². The molecule has 2 saturated carbocycles. The standard InChI is InChI=1S/C13H22N4O2/c1-15(2)12(19)17-7-5-16(6-8-17)11(18)14-10-9-13(10)3-4-13/h10H,3-9H2,1-2H3,(H,14,18). The van der Waals surface area contributed by atoms with E-state index in [1.54, 1.807) is 23.9 Å². The Kier molecular flexibility index (Phi) is 2.83. The van der Waals surface area contributed by atoms with Gasteiger partial charge in [-0.25, -0.2) is 9.59 Å². The molecule has 1 atom stereocenters. The number of nitrogens with one attached hydrogen (secondary N) is 1. The number of piperazine rings is 1. The summed E-state index contributed by atoms with van der Waals surface area (Å²) in [6.07, 6.45) is 3.73. The van der Waals surface area contributed by atoms with E-state index in [0.29, 0.717) is 37.6 Å². The molecule has 6 nitrogen and oxygen atoms in total. The molecule has 2 aliphatic carbocycles. The average Bonchev–Trinajstić information content (AvgIpc) is 3.30. The van der Waals surface area contributed by atoms with Crippen molar-refractivity contribution >= 4 is 12.1 Å². The van der Waals surface area contributed by atoms with Gasteiger partial charge in [-0.05, 0) is 24.7 Å². The zero-order chi connectivity index (χ0) is 13.6. The second kappa shape index (κ2) is 4.28. The van der Waals surface area contributed by atoms with E-state index in [4.69, 9.17) is 0 Å². The van der Waals surface area contributed by atoms with E-state index in [-0.39, 0.29) is 12.1 Å². The largest absolute Gasteiger partial charge is 0.335 e. The van der Waals surface area contributed by atoms with E-state index in [1.807, 2.05) is 4.90 Å². The summed E-state index contributed by atoms with van der Waals surface area (Å²) in [7, 11) is 3.51. The van der Waals surface area contributed by atoms with Crippen LogP contribution in [0.15, 0.2) is 0 Å². The molecular weight excluding hydrogens is 244 g/mol. The zero-order valence-electron chi connectivity index (χ0n) is 11.7. The lowest BCUT2D eigenvalue weighted by molar-refractivity contribution is 0.128. The van der Waals surface area contributed by atoms with Crippen molar-refractivity contribution in [1.29, 1.82) is 0 Å². The molecule has 1 aliphatic heterocycles. The molecule has 6 heteroatoms. The number of hydrogen-bond acceptors (Lipinski definition) is 2. The first-order valence-electron chi connectivity index (χ1n) is 7.03. The van der Waals surface area contributed by atoms with Gasteiger partial charge in [0.1, 0.15) is 0 Å². The highest BCUT2D eigenvalue weighted by atomic mass is 16.2. The minimum Gasteiger partial charge on any atom is -0.335 e. The molecule has 1 spiro atoms. The molecule has 3 aliphatic rings. The van der Waals surface area contributed by atoms with E-state index in [9.17, 15) is 9.59 Å². The summed E-state index contributed by atoms with van der Waals surface area (Å²) in [6.45, 7) is 2.51. The molecule has 1 N–H and O–H groups in total. The fourth-order valence-corrected chi connectivity index (χ4v) is 2.89. The summed E-state index contributed by atoms with van der Waals surface area (Å²) < 4.78 is 0. The normalized spacial score (nSPS) is 27.2. The first kappa shape index (κ1) is 12.6. The maximum absolute atomic E-state index is 12.1. The summed E-state index contributed by atoms with van der Waals surface area (Å²) in [5.41, 5.74) is 0.498. The molecule has 19 heavy (non-hydrogen) atoms. The molecule has 0 bridgehead atoms. The first-order chi connectivity index (χ1) is 9.02. The Morgan fingerprint density at radius 3 is 2.16 bits per heavy atom.